The van der Waals surface area contributed by atoms with Gasteiger partial charge in [0.05, 0.1) is 6.61 Å². The Balaban J connectivity index is 1.84. The molecule has 20 heavy (non-hydrogen) atoms. The van der Waals surface area contributed by atoms with E-state index in [0.717, 1.165) is 28.4 Å². The summed E-state index contributed by atoms with van der Waals surface area (Å²) in [4.78, 5) is 0. The Hall–Kier alpha value is -1.55. The number of nitrogens with one attached hydrogen (secondary N) is 1. The van der Waals surface area contributed by atoms with E-state index in [9.17, 15) is 0 Å². The van der Waals surface area contributed by atoms with Crippen LogP contribution in [0.1, 0.15) is 11.1 Å². The quantitative estimate of drug-likeness (QED) is 0.771. The maximum atomic E-state index is 8.69. The predicted octanol–water partition coefficient (Wildman–Crippen LogP) is 3.00. The molecule has 0 unspecified atom stereocenters. The fourth-order valence-electron chi connectivity index (χ4n) is 1.81. The molecule has 0 aliphatic heterocycles. The Labute approximate surface area is 124 Å². The van der Waals surface area contributed by atoms with Crippen LogP contribution in [0.5, 0.6) is 5.75 Å². The molecule has 0 aliphatic rings. The highest BCUT2D eigenvalue weighted by molar-refractivity contribution is 6.30. The van der Waals surface area contributed by atoms with E-state index in [0.29, 0.717) is 13.2 Å². The maximum absolute atomic E-state index is 8.69. The van der Waals surface area contributed by atoms with Crippen LogP contribution in [0.4, 0.5) is 0 Å². The van der Waals surface area contributed by atoms with Gasteiger partial charge in [0.2, 0.25) is 0 Å². The van der Waals surface area contributed by atoms with Crippen molar-refractivity contribution in [2.45, 2.75) is 13.2 Å². The first-order valence-corrected chi connectivity index (χ1v) is 6.93. The van der Waals surface area contributed by atoms with Crippen molar-refractivity contribution in [3.8, 4) is 5.75 Å². The molecule has 0 saturated heterocycles. The minimum absolute atomic E-state index is 0.154. The van der Waals surface area contributed by atoms with Crippen molar-refractivity contribution in [1.29, 1.82) is 0 Å². The summed E-state index contributed by atoms with van der Waals surface area (Å²) in [7, 11) is 0. The van der Waals surface area contributed by atoms with Crippen molar-refractivity contribution in [3.05, 3.63) is 64.7 Å². The van der Waals surface area contributed by atoms with Crippen molar-refractivity contribution < 1.29 is 9.84 Å². The largest absolute Gasteiger partial charge is 0.489 e. The van der Waals surface area contributed by atoms with E-state index in [1.165, 1.54) is 0 Å². The molecule has 0 atom stereocenters. The monoisotopic (exact) mass is 291 g/mol. The summed E-state index contributed by atoms with van der Waals surface area (Å²) in [5.41, 5.74) is 2.21. The van der Waals surface area contributed by atoms with Crippen LogP contribution in [-0.2, 0) is 13.2 Å². The second-order valence-electron chi connectivity index (χ2n) is 4.46. The van der Waals surface area contributed by atoms with Crippen LogP contribution < -0.4 is 10.1 Å². The average Bonchev–Trinajstić information content (AvgIpc) is 2.47. The van der Waals surface area contributed by atoms with Crippen molar-refractivity contribution in [1.82, 2.24) is 5.32 Å². The van der Waals surface area contributed by atoms with E-state index in [4.69, 9.17) is 21.4 Å². The number of halogens is 1. The topological polar surface area (TPSA) is 41.5 Å². The van der Waals surface area contributed by atoms with E-state index in [2.05, 4.69) is 5.32 Å². The third-order valence-corrected chi connectivity index (χ3v) is 3.07. The Bertz CT molecular complexity index is 528. The SMILES string of the molecule is OCCNCc1ccc(OCc2cccc(Cl)c2)cc1. The lowest BCUT2D eigenvalue weighted by molar-refractivity contribution is 0.292. The summed E-state index contributed by atoms with van der Waals surface area (Å²) in [6, 6.07) is 15.6. The zero-order valence-corrected chi connectivity index (χ0v) is 11.9. The molecule has 2 aromatic carbocycles. The van der Waals surface area contributed by atoms with Gasteiger partial charge in [-0.1, -0.05) is 35.9 Å². The summed E-state index contributed by atoms with van der Waals surface area (Å²) < 4.78 is 5.71. The minimum atomic E-state index is 0.154. The Morgan fingerprint density at radius 1 is 1.05 bits per heavy atom. The zero-order chi connectivity index (χ0) is 14.2. The number of aliphatic hydroxyl groups is 1. The Kier molecular flexibility index (Phi) is 5.87. The van der Waals surface area contributed by atoms with Crippen molar-refractivity contribution >= 4 is 11.6 Å². The van der Waals surface area contributed by atoms with Gasteiger partial charge in [0.25, 0.3) is 0 Å². The van der Waals surface area contributed by atoms with Crippen LogP contribution in [0.25, 0.3) is 0 Å². The van der Waals surface area contributed by atoms with E-state index < -0.39 is 0 Å². The van der Waals surface area contributed by atoms with Gasteiger partial charge in [-0.3, -0.25) is 0 Å². The molecule has 3 nitrogen and oxygen atoms in total. The Morgan fingerprint density at radius 3 is 2.55 bits per heavy atom. The lowest BCUT2D eigenvalue weighted by atomic mass is 10.2. The van der Waals surface area contributed by atoms with Crippen LogP contribution in [-0.4, -0.2) is 18.3 Å². The van der Waals surface area contributed by atoms with E-state index in [1.807, 2.05) is 48.5 Å². The van der Waals surface area contributed by atoms with Gasteiger partial charge in [0, 0.05) is 18.1 Å². The third-order valence-electron chi connectivity index (χ3n) is 2.84. The molecular weight excluding hydrogens is 274 g/mol. The minimum Gasteiger partial charge on any atom is -0.489 e. The molecule has 0 saturated carbocycles. The number of hydrogen-bond donors (Lipinski definition) is 2. The summed E-state index contributed by atoms with van der Waals surface area (Å²) >= 11 is 5.93. The molecule has 0 amide bonds. The van der Waals surface area contributed by atoms with Gasteiger partial charge >= 0.3 is 0 Å². The molecule has 0 radical (unpaired) electrons. The molecule has 0 spiro atoms. The van der Waals surface area contributed by atoms with Gasteiger partial charge in [-0.05, 0) is 35.4 Å². The Morgan fingerprint density at radius 2 is 1.85 bits per heavy atom. The lowest BCUT2D eigenvalue weighted by Gasteiger charge is -2.08. The van der Waals surface area contributed by atoms with Crippen LogP contribution in [0.3, 0.4) is 0 Å². The van der Waals surface area contributed by atoms with Gasteiger partial charge < -0.3 is 15.2 Å². The molecule has 0 bridgehead atoms. The highest BCUT2D eigenvalue weighted by atomic mass is 35.5. The zero-order valence-electron chi connectivity index (χ0n) is 11.2. The molecule has 4 heteroatoms. The normalized spacial score (nSPS) is 10.5. The predicted molar refractivity (Wildman–Crippen MR) is 81.0 cm³/mol. The molecule has 0 aliphatic carbocycles. The molecule has 0 aromatic heterocycles. The molecule has 106 valence electrons. The van der Waals surface area contributed by atoms with E-state index >= 15 is 0 Å². The van der Waals surface area contributed by atoms with Crippen molar-refractivity contribution in [2.75, 3.05) is 13.2 Å². The standard InChI is InChI=1S/C16H18ClNO2/c17-15-3-1-2-14(10-15)12-20-16-6-4-13(5-7-16)11-18-8-9-19/h1-7,10,18-19H,8-9,11-12H2. The fourth-order valence-corrected chi connectivity index (χ4v) is 2.02. The average molecular weight is 292 g/mol. The second-order valence-corrected chi connectivity index (χ2v) is 4.90. The molecule has 2 N–H and O–H groups in total. The van der Waals surface area contributed by atoms with E-state index in [-0.39, 0.29) is 6.61 Å². The molecular formula is C16H18ClNO2. The first-order chi connectivity index (χ1) is 9.78. The summed E-state index contributed by atoms with van der Waals surface area (Å²) in [6.45, 7) is 2.01. The second kappa shape index (κ2) is 7.90. The molecule has 0 fully saturated rings. The molecule has 0 heterocycles. The highest BCUT2D eigenvalue weighted by Crippen LogP contribution is 2.16. The number of aliphatic hydroxyl groups excluding tert-OH is 1. The van der Waals surface area contributed by atoms with Gasteiger partial charge in [-0.2, -0.15) is 0 Å². The van der Waals surface area contributed by atoms with Crippen molar-refractivity contribution in [2.24, 2.45) is 0 Å². The highest BCUT2D eigenvalue weighted by Gasteiger charge is 1.98. The van der Waals surface area contributed by atoms with Crippen molar-refractivity contribution in [3.63, 3.8) is 0 Å². The summed E-state index contributed by atoms with van der Waals surface area (Å²) in [5.74, 6) is 0.830. The van der Waals surface area contributed by atoms with Crippen LogP contribution >= 0.6 is 11.6 Å². The number of ether oxygens (including phenoxy) is 1. The maximum Gasteiger partial charge on any atom is 0.119 e. The number of benzene rings is 2. The van der Waals surface area contributed by atoms with Crippen LogP contribution in [0.2, 0.25) is 5.02 Å². The van der Waals surface area contributed by atoms with Crippen LogP contribution in [0.15, 0.2) is 48.5 Å². The summed E-state index contributed by atoms with van der Waals surface area (Å²) in [5, 5.41) is 12.5. The lowest BCUT2D eigenvalue weighted by Crippen LogP contribution is -2.17. The molecule has 2 rings (SSSR count). The summed E-state index contributed by atoms with van der Waals surface area (Å²) in [6.07, 6.45) is 0. The van der Waals surface area contributed by atoms with Gasteiger partial charge in [-0.25, -0.2) is 0 Å². The van der Waals surface area contributed by atoms with E-state index in [1.54, 1.807) is 0 Å². The first-order valence-electron chi connectivity index (χ1n) is 6.55. The van der Waals surface area contributed by atoms with Gasteiger partial charge in [-0.15, -0.1) is 0 Å². The van der Waals surface area contributed by atoms with Gasteiger partial charge in [0.15, 0.2) is 0 Å². The number of hydrogen-bond acceptors (Lipinski definition) is 3. The molecule has 2 aromatic rings. The first kappa shape index (κ1) is 14.9. The fraction of sp³-hybridized carbons (Fsp3) is 0.250. The number of rotatable bonds is 7. The van der Waals surface area contributed by atoms with Crippen LogP contribution in [0, 0.1) is 0 Å². The third kappa shape index (κ3) is 4.85. The smallest absolute Gasteiger partial charge is 0.119 e. The van der Waals surface area contributed by atoms with Gasteiger partial charge in [0.1, 0.15) is 12.4 Å².